The van der Waals surface area contributed by atoms with Crippen molar-refractivity contribution in [2.24, 2.45) is 5.92 Å². The molecule has 1 fully saturated rings. The highest BCUT2D eigenvalue weighted by atomic mass is 16.2. The first kappa shape index (κ1) is 21.3. The van der Waals surface area contributed by atoms with Gasteiger partial charge in [0.15, 0.2) is 17.3 Å². The molecule has 0 atom stereocenters. The molecule has 1 aromatic carbocycles. The number of carbonyl (C=O) groups excluding carboxylic acids is 1. The second kappa shape index (κ2) is 8.77. The molecule has 0 bridgehead atoms. The minimum Gasteiger partial charge on any atom is -0.342 e. The van der Waals surface area contributed by atoms with E-state index < -0.39 is 0 Å². The Labute approximate surface area is 193 Å². The smallest absolute Gasteiger partial charge is 0.227 e. The van der Waals surface area contributed by atoms with Crippen LogP contribution in [0.25, 0.3) is 11.5 Å². The first-order chi connectivity index (χ1) is 16.0. The number of fused-ring (bicyclic) bond motifs is 1. The molecular weight excluding hydrogens is 414 g/mol. The summed E-state index contributed by atoms with van der Waals surface area (Å²) in [5, 5.41) is 17.5. The van der Waals surface area contributed by atoms with E-state index in [4.69, 9.17) is 0 Å². The van der Waals surface area contributed by atoms with Crippen LogP contribution in [-0.2, 0) is 17.6 Å². The summed E-state index contributed by atoms with van der Waals surface area (Å²) < 4.78 is 3.51. The van der Waals surface area contributed by atoms with E-state index in [1.165, 1.54) is 5.56 Å². The van der Waals surface area contributed by atoms with Gasteiger partial charge in [-0.25, -0.2) is 4.68 Å². The molecule has 1 amide bonds. The average molecular weight is 444 g/mol. The molecule has 4 aromatic rings. The zero-order valence-corrected chi connectivity index (χ0v) is 19.4. The number of amides is 1. The fourth-order valence-electron chi connectivity index (χ4n) is 4.75. The van der Waals surface area contributed by atoms with E-state index >= 15 is 0 Å². The van der Waals surface area contributed by atoms with Crippen LogP contribution in [0.3, 0.4) is 0 Å². The average Bonchev–Trinajstić information content (AvgIpc) is 3.34. The van der Waals surface area contributed by atoms with Crippen LogP contribution in [-0.4, -0.2) is 53.5 Å². The van der Waals surface area contributed by atoms with Crippen molar-refractivity contribution < 1.29 is 4.79 Å². The van der Waals surface area contributed by atoms with Gasteiger partial charge in [0.25, 0.3) is 0 Å². The fraction of sp³-hybridized carbons (Fsp3) is 0.400. The maximum absolute atomic E-state index is 13.1. The third kappa shape index (κ3) is 4.25. The molecule has 1 aliphatic rings. The second-order valence-electron chi connectivity index (χ2n) is 8.96. The van der Waals surface area contributed by atoms with Crippen LogP contribution in [0.15, 0.2) is 42.5 Å². The van der Waals surface area contributed by atoms with Gasteiger partial charge in [0.05, 0.1) is 12.1 Å². The number of likely N-dealkylation sites (tertiary alicyclic amines) is 1. The Kier molecular flexibility index (Phi) is 5.66. The minimum atomic E-state index is 0.178. The molecule has 170 valence electrons. The molecule has 0 spiro atoms. The quantitative estimate of drug-likeness (QED) is 0.473. The lowest BCUT2D eigenvalue weighted by atomic mass is 9.90. The Balaban J connectivity index is 1.26. The monoisotopic (exact) mass is 443 g/mol. The summed E-state index contributed by atoms with van der Waals surface area (Å²) in [6.45, 7) is 7.48. The van der Waals surface area contributed by atoms with Gasteiger partial charge in [0.1, 0.15) is 0 Å². The number of carbonyl (C=O) groups is 1. The number of benzene rings is 1. The van der Waals surface area contributed by atoms with E-state index in [1.54, 1.807) is 4.52 Å². The van der Waals surface area contributed by atoms with Gasteiger partial charge in [-0.15, -0.1) is 15.3 Å². The normalized spacial score (nSPS) is 14.8. The Hall–Kier alpha value is -3.55. The summed E-state index contributed by atoms with van der Waals surface area (Å²) in [7, 11) is 0. The van der Waals surface area contributed by atoms with Crippen LogP contribution < -0.4 is 0 Å². The summed E-state index contributed by atoms with van der Waals surface area (Å²) in [4.78, 5) is 15.1. The van der Waals surface area contributed by atoms with Crippen molar-refractivity contribution in [2.45, 2.75) is 46.5 Å². The SMILES string of the molecule is Cc1nn(-c2ccc3nnc(C)n3n2)c(C)c1CC(=O)N1CCC(Cc2ccccc2)CC1. The number of nitrogens with zero attached hydrogens (tertiary/aromatic N) is 7. The highest BCUT2D eigenvalue weighted by Gasteiger charge is 2.25. The Morgan fingerprint density at radius 2 is 1.73 bits per heavy atom. The molecule has 8 heteroatoms. The summed E-state index contributed by atoms with van der Waals surface area (Å²) in [5.74, 6) is 2.23. The lowest BCUT2D eigenvalue weighted by Gasteiger charge is -2.32. The zero-order chi connectivity index (χ0) is 22.9. The zero-order valence-electron chi connectivity index (χ0n) is 19.4. The molecule has 0 radical (unpaired) electrons. The van der Waals surface area contributed by atoms with Gasteiger partial charge >= 0.3 is 0 Å². The number of aromatic nitrogens is 6. The third-order valence-electron chi connectivity index (χ3n) is 6.73. The summed E-state index contributed by atoms with van der Waals surface area (Å²) in [5.41, 5.74) is 4.87. The van der Waals surface area contributed by atoms with Gasteiger partial charge in [-0.3, -0.25) is 4.79 Å². The highest BCUT2D eigenvalue weighted by Crippen LogP contribution is 2.24. The predicted molar refractivity (Wildman–Crippen MR) is 125 cm³/mol. The van der Waals surface area contributed by atoms with Crippen molar-refractivity contribution in [1.29, 1.82) is 0 Å². The number of piperidine rings is 1. The van der Waals surface area contributed by atoms with E-state index in [0.717, 1.165) is 55.1 Å². The molecule has 4 heterocycles. The van der Waals surface area contributed by atoms with Crippen LogP contribution in [0.1, 0.15) is 41.2 Å². The minimum absolute atomic E-state index is 0.178. The Morgan fingerprint density at radius 3 is 2.48 bits per heavy atom. The van der Waals surface area contributed by atoms with Gasteiger partial charge in [-0.05, 0) is 63.6 Å². The first-order valence-electron chi connectivity index (χ1n) is 11.6. The molecule has 0 saturated carbocycles. The topological polar surface area (TPSA) is 81.2 Å². The Morgan fingerprint density at radius 1 is 0.970 bits per heavy atom. The molecule has 3 aromatic heterocycles. The molecule has 5 rings (SSSR count). The van der Waals surface area contributed by atoms with Crippen LogP contribution in [0.4, 0.5) is 0 Å². The standard InChI is InChI=1S/C25H29N7O/c1-17-22(18(2)31(28-17)24-10-9-23-27-26-19(3)32(23)29-24)16-25(33)30-13-11-21(12-14-30)15-20-7-5-4-6-8-20/h4-10,21H,11-16H2,1-3H3. The largest absolute Gasteiger partial charge is 0.342 e. The van der Waals surface area contributed by atoms with Crippen LogP contribution in [0.2, 0.25) is 0 Å². The molecule has 0 N–H and O–H groups in total. The predicted octanol–water partition coefficient (Wildman–Crippen LogP) is 3.26. The highest BCUT2D eigenvalue weighted by molar-refractivity contribution is 5.79. The van der Waals surface area contributed by atoms with Gasteiger partial charge in [0.2, 0.25) is 5.91 Å². The van der Waals surface area contributed by atoms with Gasteiger partial charge < -0.3 is 4.90 Å². The van der Waals surface area contributed by atoms with Crippen molar-refractivity contribution in [3.63, 3.8) is 0 Å². The van der Waals surface area contributed by atoms with E-state index in [1.807, 2.05) is 42.5 Å². The van der Waals surface area contributed by atoms with Crippen molar-refractivity contribution in [3.05, 3.63) is 70.8 Å². The lowest BCUT2D eigenvalue weighted by Crippen LogP contribution is -2.39. The van der Waals surface area contributed by atoms with Gasteiger partial charge in [-0.1, -0.05) is 30.3 Å². The molecule has 1 aliphatic heterocycles. The number of hydrogen-bond donors (Lipinski definition) is 0. The third-order valence-corrected chi connectivity index (χ3v) is 6.73. The van der Waals surface area contributed by atoms with Gasteiger partial charge in [0, 0.05) is 24.3 Å². The summed E-state index contributed by atoms with van der Waals surface area (Å²) >= 11 is 0. The van der Waals surface area contributed by atoms with E-state index in [0.29, 0.717) is 23.8 Å². The molecule has 1 saturated heterocycles. The molecular formula is C25H29N7O. The summed E-state index contributed by atoms with van der Waals surface area (Å²) in [6.07, 6.45) is 3.58. The maximum Gasteiger partial charge on any atom is 0.227 e. The number of hydrogen-bond acceptors (Lipinski definition) is 5. The van der Waals surface area contributed by atoms with Crippen molar-refractivity contribution in [1.82, 2.24) is 34.5 Å². The summed E-state index contributed by atoms with van der Waals surface area (Å²) in [6, 6.07) is 14.4. The lowest BCUT2D eigenvalue weighted by molar-refractivity contribution is -0.131. The maximum atomic E-state index is 13.1. The van der Waals surface area contributed by atoms with Crippen LogP contribution in [0.5, 0.6) is 0 Å². The van der Waals surface area contributed by atoms with E-state index in [9.17, 15) is 4.79 Å². The molecule has 8 nitrogen and oxygen atoms in total. The van der Waals surface area contributed by atoms with Crippen LogP contribution in [0, 0.1) is 26.7 Å². The van der Waals surface area contributed by atoms with E-state index in [-0.39, 0.29) is 5.91 Å². The molecule has 0 aliphatic carbocycles. The number of aryl methyl sites for hydroxylation is 2. The van der Waals surface area contributed by atoms with Crippen molar-refractivity contribution >= 4 is 11.6 Å². The molecule has 33 heavy (non-hydrogen) atoms. The van der Waals surface area contributed by atoms with E-state index in [2.05, 4.69) is 50.7 Å². The fourth-order valence-corrected chi connectivity index (χ4v) is 4.75. The van der Waals surface area contributed by atoms with Crippen LogP contribution >= 0.6 is 0 Å². The van der Waals surface area contributed by atoms with Crippen molar-refractivity contribution in [2.75, 3.05) is 13.1 Å². The van der Waals surface area contributed by atoms with Crippen molar-refractivity contribution in [3.8, 4) is 5.82 Å². The Bertz CT molecular complexity index is 1280. The van der Waals surface area contributed by atoms with Gasteiger partial charge in [-0.2, -0.15) is 9.61 Å². The number of rotatable bonds is 5. The first-order valence-corrected chi connectivity index (χ1v) is 11.6. The second-order valence-corrected chi connectivity index (χ2v) is 8.96. The molecule has 0 unspecified atom stereocenters.